The lowest BCUT2D eigenvalue weighted by atomic mass is 9.78. The van der Waals surface area contributed by atoms with Crippen LogP contribution < -0.4 is 0 Å². The summed E-state index contributed by atoms with van der Waals surface area (Å²) in [4.78, 5) is 8.38. The van der Waals surface area contributed by atoms with E-state index in [-0.39, 0.29) is 5.41 Å². The molecule has 1 aromatic heterocycles. The summed E-state index contributed by atoms with van der Waals surface area (Å²) in [6, 6.07) is 20.5. The lowest BCUT2D eigenvalue weighted by Gasteiger charge is -2.40. The summed E-state index contributed by atoms with van der Waals surface area (Å²) in [7, 11) is 0. The van der Waals surface area contributed by atoms with Gasteiger partial charge in [-0.1, -0.05) is 72.8 Å². The van der Waals surface area contributed by atoms with Crippen molar-refractivity contribution in [3.8, 4) is 22.5 Å². The van der Waals surface area contributed by atoms with Gasteiger partial charge in [0.15, 0.2) is 5.82 Å². The highest BCUT2D eigenvalue weighted by Crippen LogP contribution is 2.40. The van der Waals surface area contributed by atoms with Gasteiger partial charge in [-0.05, 0) is 19.3 Å². The second kappa shape index (κ2) is 7.38. The molecule has 1 spiro atoms. The van der Waals surface area contributed by atoms with Crippen molar-refractivity contribution in [3.63, 3.8) is 0 Å². The van der Waals surface area contributed by atoms with E-state index in [0.29, 0.717) is 13.2 Å². The first-order valence-electron chi connectivity index (χ1n) is 9.92. The molecule has 0 amide bonds. The van der Waals surface area contributed by atoms with Crippen LogP contribution in [-0.2, 0) is 9.47 Å². The van der Waals surface area contributed by atoms with Crippen LogP contribution in [-0.4, -0.2) is 23.2 Å². The highest BCUT2D eigenvalue weighted by molar-refractivity contribution is 5.78. The molecule has 2 aliphatic rings. The maximum Gasteiger partial charge on any atom is 0.217 e. The molecule has 0 saturated carbocycles. The van der Waals surface area contributed by atoms with Crippen molar-refractivity contribution in [1.29, 1.82) is 0 Å². The van der Waals surface area contributed by atoms with E-state index in [1.165, 1.54) is 0 Å². The largest absolute Gasteiger partial charge is 0.345 e. The Morgan fingerprint density at radius 3 is 2.18 bits per heavy atom. The Morgan fingerprint density at radius 1 is 0.857 bits per heavy atom. The molecule has 2 aromatic carbocycles. The zero-order valence-corrected chi connectivity index (χ0v) is 15.8. The summed E-state index contributed by atoms with van der Waals surface area (Å²) in [5.74, 6) is 0.735. The second-order valence-electron chi connectivity index (χ2n) is 7.75. The van der Waals surface area contributed by atoms with E-state index in [0.717, 1.165) is 47.6 Å². The third-order valence-electron chi connectivity index (χ3n) is 5.70. The van der Waals surface area contributed by atoms with Crippen molar-refractivity contribution in [2.45, 2.75) is 25.6 Å². The van der Waals surface area contributed by atoms with Crippen molar-refractivity contribution < 1.29 is 9.47 Å². The van der Waals surface area contributed by atoms with E-state index in [1.54, 1.807) is 0 Å². The van der Waals surface area contributed by atoms with Crippen molar-refractivity contribution in [3.05, 3.63) is 78.6 Å². The molecule has 1 aliphatic heterocycles. The minimum Gasteiger partial charge on any atom is -0.345 e. The molecule has 0 bridgehead atoms. The highest BCUT2D eigenvalue weighted by atomic mass is 16.7. The Balaban J connectivity index is 1.46. The number of hydrogen-bond acceptors (Lipinski definition) is 3. The summed E-state index contributed by atoms with van der Waals surface area (Å²) in [6.45, 7) is 1.42. The Labute approximate surface area is 165 Å². The van der Waals surface area contributed by atoms with E-state index < -0.39 is 6.29 Å². The number of rotatable bonds is 3. The Morgan fingerprint density at radius 2 is 1.54 bits per heavy atom. The number of aromatic amines is 1. The van der Waals surface area contributed by atoms with Crippen LogP contribution in [0.2, 0.25) is 0 Å². The first-order valence-corrected chi connectivity index (χ1v) is 9.92. The zero-order chi connectivity index (χ0) is 18.8. The van der Waals surface area contributed by atoms with Crippen molar-refractivity contribution in [2.24, 2.45) is 5.41 Å². The predicted molar refractivity (Wildman–Crippen MR) is 110 cm³/mol. The fourth-order valence-corrected chi connectivity index (χ4v) is 4.08. The predicted octanol–water partition coefficient (Wildman–Crippen LogP) is 5.52. The monoisotopic (exact) mass is 372 g/mol. The minimum absolute atomic E-state index is 0.127. The second-order valence-corrected chi connectivity index (χ2v) is 7.75. The standard InChI is InChI=1S/C24H24N2O2/c1-4-10-18(11-5-1)20-21(19-12-6-2-7-13-19)26-22(25-20)23-27-16-24(17-28-23)14-8-3-9-15-24/h1-8,10-13,23H,9,14-17H2,(H,25,26). The van der Waals surface area contributed by atoms with E-state index in [2.05, 4.69) is 41.4 Å². The number of hydrogen-bond donors (Lipinski definition) is 1. The molecule has 28 heavy (non-hydrogen) atoms. The topological polar surface area (TPSA) is 47.1 Å². The normalized spacial score (nSPS) is 24.5. The van der Waals surface area contributed by atoms with Crippen LogP contribution in [0.3, 0.4) is 0 Å². The lowest BCUT2D eigenvalue weighted by Crippen LogP contribution is -2.39. The Bertz CT molecular complexity index is 898. The number of aromatic nitrogens is 2. The number of nitrogens with one attached hydrogen (secondary N) is 1. The fourth-order valence-electron chi connectivity index (χ4n) is 4.08. The number of benzene rings is 2. The van der Waals surface area contributed by atoms with Gasteiger partial charge in [0.05, 0.1) is 24.6 Å². The van der Waals surface area contributed by atoms with Gasteiger partial charge < -0.3 is 14.5 Å². The fraction of sp³-hybridized carbons (Fsp3) is 0.292. The van der Waals surface area contributed by atoms with Crippen molar-refractivity contribution in [2.75, 3.05) is 13.2 Å². The molecule has 0 atom stereocenters. The van der Waals surface area contributed by atoms with E-state index in [4.69, 9.17) is 14.5 Å². The van der Waals surface area contributed by atoms with Gasteiger partial charge in [-0.15, -0.1) is 0 Å². The average molecular weight is 372 g/mol. The van der Waals surface area contributed by atoms with Gasteiger partial charge in [-0.2, -0.15) is 0 Å². The van der Waals surface area contributed by atoms with E-state index >= 15 is 0 Å². The highest BCUT2D eigenvalue weighted by Gasteiger charge is 2.38. The number of ether oxygens (including phenoxy) is 2. The maximum absolute atomic E-state index is 6.15. The number of imidazole rings is 1. The molecule has 4 heteroatoms. The molecular formula is C24H24N2O2. The molecule has 4 nitrogen and oxygen atoms in total. The Kier molecular flexibility index (Phi) is 4.59. The van der Waals surface area contributed by atoms with Crippen LogP contribution in [0.4, 0.5) is 0 Å². The van der Waals surface area contributed by atoms with Gasteiger partial charge in [0, 0.05) is 16.5 Å². The molecule has 1 fully saturated rings. The van der Waals surface area contributed by atoms with Crippen LogP contribution >= 0.6 is 0 Å². The SMILES string of the molecule is C1=CCC2(CC1)COC(c1nc(-c3ccccc3)c(-c3ccccc3)[nH]1)OC2. The van der Waals surface area contributed by atoms with Gasteiger partial charge in [-0.3, -0.25) is 0 Å². The third-order valence-corrected chi connectivity index (χ3v) is 5.70. The smallest absolute Gasteiger partial charge is 0.217 e. The van der Waals surface area contributed by atoms with Gasteiger partial charge in [0.25, 0.3) is 0 Å². The molecule has 1 N–H and O–H groups in total. The molecule has 3 aromatic rings. The van der Waals surface area contributed by atoms with Gasteiger partial charge in [-0.25, -0.2) is 4.98 Å². The van der Waals surface area contributed by atoms with Crippen LogP contribution in [0.15, 0.2) is 72.8 Å². The zero-order valence-electron chi connectivity index (χ0n) is 15.8. The quantitative estimate of drug-likeness (QED) is 0.616. The number of allylic oxidation sites excluding steroid dienone is 2. The molecule has 0 radical (unpaired) electrons. The molecule has 142 valence electrons. The minimum atomic E-state index is -0.448. The first-order chi connectivity index (χ1) is 13.8. The van der Waals surface area contributed by atoms with Crippen LogP contribution in [0.1, 0.15) is 31.4 Å². The summed E-state index contributed by atoms with van der Waals surface area (Å²) >= 11 is 0. The number of nitrogens with zero attached hydrogens (tertiary/aromatic N) is 1. The number of H-pyrrole nitrogens is 1. The molecular weight excluding hydrogens is 348 g/mol. The van der Waals surface area contributed by atoms with Gasteiger partial charge in [0.1, 0.15) is 0 Å². The molecule has 1 aliphatic carbocycles. The van der Waals surface area contributed by atoms with Crippen molar-refractivity contribution >= 4 is 0 Å². The van der Waals surface area contributed by atoms with Crippen LogP contribution in [0.25, 0.3) is 22.5 Å². The van der Waals surface area contributed by atoms with Crippen LogP contribution in [0, 0.1) is 5.41 Å². The molecule has 0 unspecified atom stereocenters. The molecule has 2 heterocycles. The first kappa shape index (κ1) is 17.4. The van der Waals surface area contributed by atoms with E-state index in [1.807, 2.05) is 36.4 Å². The van der Waals surface area contributed by atoms with Crippen molar-refractivity contribution in [1.82, 2.24) is 9.97 Å². The Hall–Kier alpha value is -2.69. The van der Waals surface area contributed by atoms with Gasteiger partial charge >= 0.3 is 0 Å². The van der Waals surface area contributed by atoms with E-state index in [9.17, 15) is 0 Å². The summed E-state index contributed by atoms with van der Waals surface area (Å²) in [5.41, 5.74) is 4.23. The van der Waals surface area contributed by atoms with Crippen LogP contribution in [0.5, 0.6) is 0 Å². The lowest BCUT2D eigenvalue weighted by molar-refractivity contribution is -0.238. The summed E-state index contributed by atoms with van der Waals surface area (Å²) in [6.07, 6.45) is 7.32. The summed E-state index contributed by atoms with van der Waals surface area (Å²) < 4.78 is 12.3. The molecule has 5 rings (SSSR count). The summed E-state index contributed by atoms with van der Waals surface area (Å²) in [5, 5.41) is 0. The third kappa shape index (κ3) is 3.30. The maximum atomic E-state index is 6.15. The van der Waals surface area contributed by atoms with Gasteiger partial charge in [0.2, 0.25) is 6.29 Å². The molecule has 1 saturated heterocycles. The average Bonchev–Trinajstić information content (AvgIpc) is 3.22.